The maximum atomic E-state index is 13.5. The minimum Gasteiger partial charge on any atom is -0.475 e. The molecule has 0 amide bonds. The Morgan fingerprint density at radius 3 is 2.34 bits per heavy atom. The number of aromatic nitrogens is 4. The van der Waals surface area contributed by atoms with Gasteiger partial charge in [-0.1, -0.05) is 11.6 Å². The fourth-order valence-corrected chi connectivity index (χ4v) is 4.37. The van der Waals surface area contributed by atoms with Gasteiger partial charge >= 0.3 is 17.8 Å². The number of carbonyl (C=O) groups is 2. The Balaban J connectivity index is 0.000000505. The molecule has 2 N–H and O–H groups in total. The van der Waals surface area contributed by atoms with E-state index in [0.717, 1.165) is 36.3 Å². The average molecular weight is 557 g/mol. The molecule has 3 aromatic rings. The van der Waals surface area contributed by atoms with E-state index in [2.05, 4.69) is 10.2 Å². The molecular formula is C23H27F3N6O5S. The van der Waals surface area contributed by atoms with E-state index in [9.17, 15) is 27.6 Å². The maximum Gasteiger partial charge on any atom is 0.490 e. The molecular weight excluding hydrogens is 529 g/mol. The van der Waals surface area contributed by atoms with Gasteiger partial charge in [-0.3, -0.25) is 18.7 Å². The summed E-state index contributed by atoms with van der Waals surface area (Å²) < 4.78 is 36.0. The van der Waals surface area contributed by atoms with Crippen molar-refractivity contribution in [2.45, 2.75) is 33.1 Å². The smallest absolute Gasteiger partial charge is 0.475 e. The number of rotatable bonds is 6. The summed E-state index contributed by atoms with van der Waals surface area (Å²) in [5, 5.41) is 14.0. The van der Waals surface area contributed by atoms with Crippen molar-refractivity contribution >= 4 is 40.2 Å². The first-order chi connectivity index (χ1) is 17.8. The number of hydrogen-bond acceptors (Lipinski definition) is 8. The van der Waals surface area contributed by atoms with Gasteiger partial charge in [0.2, 0.25) is 5.95 Å². The molecule has 0 aromatic carbocycles. The van der Waals surface area contributed by atoms with Crippen LogP contribution in [0.15, 0.2) is 38.1 Å². The number of carboxylic acid groups (broad SMARTS) is 1. The molecule has 206 valence electrons. The summed E-state index contributed by atoms with van der Waals surface area (Å²) in [6.45, 7) is 7.33. The van der Waals surface area contributed by atoms with Crippen molar-refractivity contribution in [3.63, 3.8) is 0 Å². The topological polar surface area (TPSA) is 131 Å². The molecule has 0 unspecified atom stereocenters. The molecule has 3 aromatic heterocycles. The SMILES string of the molecule is CC(C)=CCn1c(N2CCNCC2)nc2c1c(=O)n(CC(=O)c1ccsc1)c(=O)n2C.O=C(O)C(F)(F)F. The number of aryl methyl sites for hydroxylation is 1. The molecule has 0 aliphatic carbocycles. The van der Waals surface area contributed by atoms with E-state index in [1.54, 1.807) is 23.9 Å². The second kappa shape index (κ2) is 11.8. The Labute approximate surface area is 218 Å². The number of fused-ring (bicyclic) bond motifs is 1. The number of carboxylic acids is 1. The Morgan fingerprint density at radius 1 is 1.18 bits per heavy atom. The number of piperazine rings is 1. The number of nitrogens with one attached hydrogen (secondary N) is 1. The van der Waals surface area contributed by atoms with E-state index in [1.165, 1.54) is 15.9 Å². The van der Waals surface area contributed by atoms with Gasteiger partial charge in [0.1, 0.15) is 0 Å². The average Bonchev–Trinajstić information content (AvgIpc) is 3.53. The lowest BCUT2D eigenvalue weighted by Gasteiger charge is -2.28. The van der Waals surface area contributed by atoms with Crippen molar-refractivity contribution < 1.29 is 27.9 Å². The van der Waals surface area contributed by atoms with Gasteiger partial charge in [0.15, 0.2) is 16.9 Å². The van der Waals surface area contributed by atoms with Gasteiger partial charge < -0.3 is 19.9 Å². The number of Topliss-reactive ketones (excluding diaryl/α,β-unsaturated/α-hetero) is 1. The number of anilines is 1. The van der Waals surface area contributed by atoms with Crippen LogP contribution in [0, 0.1) is 0 Å². The summed E-state index contributed by atoms with van der Waals surface area (Å²) in [6.07, 6.45) is -3.06. The lowest BCUT2D eigenvalue weighted by Crippen LogP contribution is -2.44. The number of aliphatic carboxylic acids is 1. The number of hydrogen-bond donors (Lipinski definition) is 2. The minimum atomic E-state index is -5.08. The molecule has 1 saturated heterocycles. The summed E-state index contributed by atoms with van der Waals surface area (Å²) in [6, 6.07) is 1.70. The van der Waals surface area contributed by atoms with Gasteiger partial charge in [-0.25, -0.2) is 9.59 Å². The standard InChI is InChI=1S/C21H26N6O3S.C2HF3O2/c1-14(2)4-8-26-17-18(23-20(26)25-9-6-22-7-10-25)24(3)21(30)27(19(17)29)12-16(28)15-5-11-31-13-15;3-2(4,5)1(6)7/h4-5,11,13,22H,6-10,12H2,1-3H3;(H,6,7). The highest BCUT2D eigenvalue weighted by molar-refractivity contribution is 7.08. The second-order valence-electron chi connectivity index (χ2n) is 8.68. The lowest BCUT2D eigenvalue weighted by molar-refractivity contribution is -0.192. The third-order valence-corrected chi connectivity index (χ3v) is 6.36. The van der Waals surface area contributed by atoms with E-state index < -0.39 is 23.4 Å². The number of imidazole rings is 1. The summed E-state index contributed by atoms with van der Waals surface area (Å²) >= 11 is 1.40. The van der Waals surface area contributed by atoms with Crippen molar-refractivity contribution in [2.75, 3.05) is 31.1 Å². The molecule has 0 radical (unpaired) electrons. The van der Waals surface area contributed by atoms with Gasteiger partial charge in [0.05, 0.1) is 6.54 Å². The summed E-state index contributed by atoms with van der Waals surface area (Å²) in [5.74, 6) is -2.35. The van der Waals surface area contributed by atoms with Crippen LogP contribution in [0.25, 0.3) is 11.2 Å². The van der Waals surface area contributed by atoms with Gasteiger partial charge in [-0.2, -0.15) is 29.5 Å². The molecule has 0 saturated carbocycles. The van der Waals surface area contributed by atoms with Gasteiger partial charge in [0.25, 0.3) is 5.56 Å². The molecule has 1 aliphatic heterocycles. The van der Waals surface area contributed by atoms with Crippen molar-refractivity contribution in [1.29, 1.82) is 0 Å². The molecule has 15 heteroatoms. The van der Waals surface area contributed by atoms with Crippen LogP contribution in [0.3, 0.4) is 0 Å². The summed E-state index contributed by atoms with van der Waals surface area (Å²) in [4.78, 5) is 54.8. The number of nitrogens with zero attached hydrogens (tertiary/aromatic N) is 5. The van der Waals surface area contributed by atoms with E-state index >= 15 is 0 Å². The fraction of sp³-hybridized carbons (Fsp3) is 0.435. The number of allylic oxidation sites excluding steroid dienone is 2. The highest BCUT2D eigenvalue weighted by Gasteiger charge is 2.38. The number of halogens is 3. The highest BCUT2D eigenvalue weighted by Crippen LogP contribution is 2.21. The predicted octanol–water partition coefficient (Wildman–Crippen LogP) is 1.85. The van der Waals surface area contributed by atoms with Crippen LogP contribution < -0.4 is 21.5 Å². The van der Waals surface area contributed by atoms with E-state index in [4.69, 9.17) is 14.9 Å². The van der Waals surface area contributed by atoms with Crippen LogP contribution in [0.2, 0.25) is 0 Å². The first-order valence-electron chi connectivity index (χ1n) is 11.5. The Hall–Kier alpha value is -3.72. The molecule has 4 rings (SSSR count). The first kappa shape index (κ1) is 28.8. The van der Waals surface area contributed by atoms with Gasteiger partial charge in [0, 0.05) is 50.7 Å². The zero-order valence-corrected chi connectivity index (χ0v) is 21.7. The second-order valence-corrected chi connectivity index (χ2v) is 9.46. The van der Waals surface area contributed by atoms with Crippen molar-refractivity contribution in [3.05, 3.63) is 54.9 Å². The molecule has 11 nitrogen and oxygen atoms in total. The van der Waals surface area contributed by atoms with Crippen LogP contribution >= 0.6 is 11.3 Å². The summed E-state index contributed by atoms with van der Waals surface area (Å²) in [7, 11) is 1.59. The third kappa shape index (κ3) is 6.39. The molecule has 1 fully saturated rings. The van der Waals surface area contributed by atoms with Crippen LogP contribution in [-0.2, 0) is 24.9 Å². The largest absolute Gasteiger partial charge is 0.490 e. The van der Waals surface area contributed by atoms with E-state index in [1.807, 2.05) is 24.5 Å². The van der Waals surface area contributed by atoms with Gasteiger partial charge in [-0.15, -0.1) is 0 Å². The summed E-state index contributed by atoms with van der Waals surface area (Å²) in [5.41, 5.74) is 1.26. The van der Waals surface area contributed by atoms with Crippen LogP contribution in [0.1, 0.15) is 24.2 Å². The normalized spacial score (nSPS) is 13.7. The molecule has 0 bridgehead atoms. The first-order valence-corrected chi connectivity index (χ1v) is 12.4. The number of ketones is 1. The number of alkyl halides is 3. The predicted molar refractivity (Wildman–Crippen MR) is 136 cm³/mol. The van der Waals surface area contributed by atoms with E-state index in [-0.39, 0.29) is 12.3 Å². The molecule has 38 heavy (non-hydrogen) atoms. The molecule has 4 heterocycles. The quantitative estimate of drug-likeness (QED) is 0.348. The zero-order chi connectivity index (χ0) is 28.2. The third-order valence-electron chi connectivity index (χ3n) is 5.68. The Kier molecular flexibility index (Phi) is 8.93. The number of carbonyl (C=O) groups excluding carboxylic acids is 1. The maximum absolute atomic E-state index is 13.5. The fourth-order valence-electron chi connectivity index (χ4n) is 3.71. The molecule has 0 atom stereocenters. The van der Waals surface area contributed by atoms with Crippen LogP contribution in [0.5, 0.6) is 0 Å². The van der Waals surface area contributed by atoms with Crippen LogP contribution in [0.4, 0.5) is 19.1 Å². The Morgan fingerprint density at radius 2 is 1.82 bits per heavy atom. The Bertz CT molecular complexity index is 1460. The van der Waals surface area contributed by atoms with E-state index in [0.29, 0.717) is 29.2 Å². The monoisotopic (exact) mass is 556 g/mol. The van der Waals surface area contributed by atoms with Gasteiger partial charge in [-0.05, 0) is 25.3 Å². The number of thiophene rings is 1. The highest BCUT2D eigenvalue weighted by atomic mass is 32.1. The van der Waals surface area contributed by atoms with Crippen molar-refractivity contribution in [2.24, 2.45) is 7.05 Å². The minimum absolute atomic E-state index is 0.266. The molecule has 0 spiro atoms. The zero-order valence-electron chi connectivity index (χ0n) is 20.9. The van der Waals surface area contributed by atoms with Crippen molar-refractivity contribution in [3.8, 4) is 0 Å². The molecule has 1 aliphatic rings. The van der Waals surface area contributed by atoms with Crippen LogP contribution in [-0.4, -0.2) is 67.9 Å². The lowest BCUT2D eigenvalue weighted by atomic mass is 10.2. The van der Waals surface area contributed by atoms with Crippen molar-refractivity contribution in [1.82, 2.24) is 24.0 Å².